The molecule has 1 fully saturated rings. The van der Waals surface area contributed by atoms with E-state index in [1.54, 1.807) is 0 Å². The Bertz CT molecular complexity index is 134. The van der Waals surface area contributed by atoms with Gasteiger partial charge in [-0.2, -0.15) is 0 Å². The van der Waals surface area contributed by atoms with E-state index in [0.717, 1.165) is 24.9 Å². The summed E-state index contributed by atoms with van der Waals surface area (Å²) in [6.07, 6.45) is 5.27. The van der Waals surface area contributed by atoms with E-state index in [4.69, 9.17) is 5.73 Å². The Morgan fingerprint density at radius 3 is 2.62 bits per heavy atom. The van der Waals surface area contributed by atoms with E-state index in [0.29, 0.717) is 6.04 Å². The van der Waals surface area contributed by atoms with Gasteiger partial charge in [0, 0.05) is 6.04 Å². The lowest BCUT2D eigenvalue weighted by Crippen LogP contribution is -2.40. The number of hydrogen-bond acceptors (Lipinski definition) is 2. The molecule has 1 aliphatic rings. The van der Waals surface area contributed by atoms with Crippen molar-refractivity contribution in [2.75, 3.05) is 13.1 Å². The summed E-state index contributed by atoms with van der Waals surface area (Å²) >= 11 is 0. The lowest BCUT2D eigenvalue weighted by molar-refractivity contribution is 0.293. The van der Waals surface area contributed by atoms with E-state index in [9.17, 15) is 0 Å². The minimum absolute atomic E-state index is 0.452. The lowest BCUT2D eigenvalue weighted by atomic mass is 9.85. The molecule has 3 N–H and O–H groups in total. The predicted molar refractivity (Wildman–Crippen MR) is 57.6 cm³/mol. The molecule has 0 bridgehead atoms. The number of hydrogen-bond donors (Lipinski definition) is 2. The zero-order valence-electron chi connectivity index (χ0n) is 9.05. The van der Waals surface area contributed by atoms with Crippen molar-refractivity contribution >= 4 is 0 Å². The average molecular weight is 184 g/mol. The minimum Gasteiger partial charge on any atom is -0.327 e. The molecule has 0 aromatic heterocycles. The van der Waals surface area contributed by atoms with Gasteiger partial charge in [0.15, 0.2) is 0 Å². The molecule has 0 aromatic carbocycles. The van der Waals surface area contributed by atoms with Gasteiger partial charge in [-0.15, -0.1) is 0 Å². The van der Waals surface area contributed by atoms with Crippen LogP contribution in [0.3, 0.4) is 0 Å². The second kappa shape index (κ2) is 5.61. The van der Waals surface area contributed by atoms with Crippen molar-refractivity contribution in [3.8, 4) is 0 Å². The molecule has 0 heterocycles. The summed E-state index contributed by atoms with van der Waals surface area (Å²) in [5.41, 5.74) is 6.06. The van der Waals surface area contributed by atoms with Gasteiger partial charge in [0.2, 0.25) is 0 Å². The highest BCUT2D eigenvalue weighted by molar-refractivity contribution is 4.79. The van der Waals surface area contributed by atoms with Crippen LogP contribution in [0.2, 0.25) is 0 Å². The van der Waals surface area contributed by atoms with Crippen LogP contribution in [0, 0.1) is 11.8 Å². The molecule has 0 amide bonds. The van der Waals surface area contributed by atoms with Crippen LogP contribution in [0.25, 0.3) is 0 Å². The second-order valence-electron chi connectivity index (χ2n) is 4.76. The molecule has 2 atom stereocenters. The molecule has 1 unspecified atom stereocenters. The van der Waals surface area contributed by atoms with E-state index in [-0.39, 0.29) is 0 Å². The summed E-state index contributed by atoms with van der Waals surface area (Å²) in [4.78, 5) is 0. The number of nitrogens with two attached hydrogens (primary N) is 1. The summed E-state index contributed by atoms with van der Waals surface area (Å²) in [6, 6.07) is 0.452. The first-order chi connectivity index (χ1) is 6.20. The molecule has 1 aliphatic carbocycles. The maximum Gasteiger partial charge on any atom is 0.00792 e. The Labute approximate surface area is 82.3 Å². The Morgan fingerprint density at radius 1 is 1.31 bits per heavy atom. The third kappa shape index (κ3) is 4.10. The van der Waals surface area contributed by atoms with Crippen molar-refractivity contribution in [1.82, 2.24) is 5.32 Å². The van der Waals surface area contributed by atoms with Crippen LogP contribution in [-0.4, -0.2) is 19.1 Å². The smallest absolute Gasteiger partial charge is 0.00792 e. The quantitative estimate of drug-likeness (QED) is 0.698. The van der Waals surface area contributed by atoms with Crippen LogP contribution in [0.5, 0.6) is 0 Å². The molecule has 0 aliphatic heterocycles. The lowest BCUT2D eigenvalue weighted by Gasteiger charge is -2.28. The first-order valence-electron chi connectivity index (χ1n) is 5.66. The number of rotatable bonds is 4. The van der Waals surface area contributed by atoms with Crippen molar-refractivity contribution in [3.05, 3.63) is 0 Å². The van der Waals surface area contributed by atoms with Crippen LogP contribution in [0.1, 0.15) is 39.5 Å². The van der Waals surface area contributed by atoms with E-state index in [1.165, 1.54) is 25.7 Å². The van der Waals surface area contributed by atoms with Crippen molar-refractivity contribution in [3.63, 3.8) is 0 Å². The minimum atomic E-state index is 0.452. The molecule has 2 nitrogen and oxygen atoms in total. The largest absolute Gasteiger partial charge is 0.327 e. The monoisotopic (exact) mass is 184 g/mol. The van der Waals surface area contributed by atoms with E-state index in [1.807, 2.05) is 0 Å². The van der Waals surface area contributed by atoms with Crippen LogP contribution in [0.4, 0.5) is 0 Å². The summed E-state index contributed by atoms with van der Waals surface area (Å²) in [5, 5.41) is 3.50. The molecular formula is C11H24N2. The van der Waals surface area contributed by atoms with Gasteiger partial charge in [0.1, 0.15) is 0 Å². The molecule has 1 rings (SSSR count). The topological polar surface area (TPSA) is 38.0 Å². The molecule has 0 saturated heterocycles. The van der Waals surface area contributed by atoms with E-state index >= 15 is 0 Å². The summed E-state index contributed by atoms with van der Waals surface area (Å²) in [5.74, 6) is 1.48. The highest BCUT2D eigenvalue weighted by atomic mass is 14.9. The molecule has 1 saturated carbocycles. The SMILES string of the molecule is CC(C)CNC[C@@H]1CCCCC1N. The van der Waals surface area contributed by atoms with Crippen molar-refractivity contribution in [2.45, 2.75) is 45.6 Å². The van der Waals surface area contributed by atoms with E-state index < -0.39 is 0 Å². The molecule has 2 heteroatoms. The number of nitrogens with one attached hydrogen (secondary N) is 1. The van der Waals surface area contributed by atoms with Crippen molar-refractivity contribution in [1.29, 1.82) is 0 Å². The highest BCUT2D eigenvalue weighted by Gasteiger charge is 2.20. The molecule has 13 heavy (non-hydrogen) atoms. The standard InChI is InChI=1S/C11H24N2/c1-9(2)7-13-8-10-5-3-4-6-11(10)12/h9-11,13H,3-8,12H2,1-2H3/t10-,11?/m0/s1. The molecule has 0 spiro atoms. The summed E-state index contributed by atoms with van der Waals surface area (Å²) in [7, 11) is 0. The average Bonchev–Trinajstić information content (AvgIpc) is 2.08. The van der Waals surface area contributed by atoms with Crippen LogP contribution >= 0.6 is 0 Å². The van der Waals surface area contributed by atoms with Gasteiger partial charge < -0.3 is 11.1 Å². The maximum atomic E-state index is 6.06. The van der Waals surface area contributed by atoms with Gasteiger partial charge >= 0.3 is 0 Å². The first-order valence-corrected chi connectivity index (χ1v) is 5.66. The van der Waals surface area contributed by atoms with Gasteiger partial charge in [0.05, 0.1) is 0 Å². The van der Waals surface area contributed by atoms with Crippen LogP contribution in [-0.2, 0) is 0 Å². The van der Waals surface area contributed by atoms with Gasteiger partial charge in [0.25, 0.3) is 0 Å². The van der Waals surface area contributed by atoms with Gasteiger partial charge in [-0.25, -0.2) is 0 Å². The van der Waals surface area contributed by atoms with Crippen molar-refractivity contribution in [2.24, 2.45) is 17.6 Å². The summed E-state index contributed by atoms with van der Waals surface area (Å²) in [6.45, 7) is 6.74. The fourth-order valence-corrected chi connectivity index (χ4v) is 2.05. The van der Waals surface area contributed by atoms with Gasteiger partial charge in [-0.05, 0) is 37.8 Å². The Balaban J connectivity index is 2.11. The first kappa shape index (κ1) is 11.0. The molecule has 78 valence electrons. The maximum absolute atomic E-state index is 6.06. The molecular weight excluding hydrogens is 160 g/mol. The van der Waals surface area contributed by atoms with Crippen LogP contribution < -0.4 is 11.1 Å². The third-order valence-corrected chi connectivity index (χ3v) is 2.93. The fraction of sp³-hybridized carbons (Fsp3) is 1.00. The van der Waals surface area contributed by atoms with Crippen LogP contribution in [0.15, 0.2) is 0 Å². The fourth-order valence-electron chi connectivity index (χ4n) is 2.05. The zero-order chi connectivity index (χ0) is 9.68. The van der Waals surface area contributed by atoms with Gasteiger partial charge in [-0.3, -0.25) is 0 Å². The normalized spacial score (nSPS) is 29.5. The Morgan fingerprint density at radius 2 is 2.00 bits per heavy atom. The zero-order valence-corrected chi connectivity index (χ0v) is 9.05. The van der Waals surface area contributed by atoms with Crippen molar-refractivity contribution < 1.29 is 0 Å². The molecule has 0 radical (unpaired) electrons. The predicted octanol–water partition coefficient (Wildman–Crippen LogP) is 1.75. The van der Waals surface area contributed by atoms with Gasteiger partial charge in [-0.1, -0.05) is 26.7 Å². The highest BCUT2D eigenvalue weighted by Crippen LogP contribution is 2.22. The Kier molecular flexibility index (Phi) is 4.74. The summed E-state index contributed by atoms with van der Waals surface area (Å²) < 4.78 is 0. The third-order valence-electron chi connectivity index (χ3n) is 2.93. The Hall–Kier alpha value is -0.0800. The molecule has 0 aromatic rings. The van der Waals surface area contributed by atoms with E-state index in [2.05, 4.69) is 19.2 Å². The second-order valence-corrected chi connectivity index (χ2v) is 4.76.